The molecule has 2 aromatic rings. The van der Waals surface area contributed by atoms with Crippen LogP contribution < -0.4 is 0 Å². The van der Waals surface area contributed by atoms with E-state index in [-0.39, 0.29) is 6.04 Å². The maximum atomic E-state index is 11.0. The summed E-state index contributed by atoms with van der Waals surface area (Å²) < 4.78 is 1.81. The summed E-state index contributed by atoms with van der Waals surface area (Å²) in [6.45, 7) is 4.09. The van der Waals surface area contributed by atoms with Crippen LogP contribution in [0.4, 0.5) is 0 Å². The van der Waals surface area contributed by atoms with Gasteiger partial charge in [-0.3, -0.25) is 0 Å². The lowest BCUT2D eigenvalue weighted by Crippen LogP contribution is -2.29. The molecule has 94 valence electrons. The van der Waals surface area contributed by atoms with Gasteiger partial charge in [-0.25, -0.2) is 9.67 Å². The summed E-state index contributed by atoms with van der Waals surface area (Å²) in [6, 6.07) is 8.23. The Labute approximate surface area is 106 Å². The van der Waals surface area contributed by atoms with Crippen LogP contribution in [0.2, 0.25) is 0 Å². The molecule has 3 rings (SSSR count). The molecule has 1 aromatic carbocycles. The molecule has 0 saturated carbocycles. The minimum Gasteiger partial charge on any atom is -0.377 e. The monoisotopic (exact) mass is 243 g/mol. The molecule has 0 radical (unpaired) electrons. The van der Waals surface area contributed by atoms with Gasteiger partial charge in [0.25, 0.3) is 0 Å². The van der Waals surface area contributed by atoms with E-state index in [0.717, 1.165) is 12.0 Å². The summed E-state index contributed by atoms with van der Waals surface area (Å²) in [5.41, 5.74) is 1.19. The van der Waals surface area contributed by atoms with Crippen molar-refractivity contribution in [3.63, 3.8) is 0 Å². The first kappa shape index (κ1) is 11.4. The van der Waals surface area contributed by atoms with E-state index >= 15 is 0 Å². The molecule has 4 nitrogen and oxygen atoms in total. The standard InChI is InChI=1S/C14H17N3O/c1-10(2)17-13(15-9-16-17)14(18)8-7-11-5-3-4-6-12(11)14/h3-6,9-10,18H,7-8H2,1-2H3. The largest absolute Gasteiger partial charge is 0.377 e. The normalized spacial score (nSPS) is 22.4. The van der Waals surface area contributed by atoms with Gasteiger partial charge in [0.1, 0.15) is 11.9 Å². The number of fused-ring (bicyclic) bond motifs is 1. The number of hydrogen-bond acceptors (Lipinski definition) is 3. The van der Waals surface area contributed by atoms with Gasteiger partial charge in [0.15, 0.2) is 5.82 Å². The van der Waals surface area contributed by atoms with Crippen LogP contribution in [0.5, 0.6) is 0 Å². The van der Waals surface area contributed by atoms with Crippen LogP contribution in [-0.2, 0) is 12.0 Å². The number of benzene rings is 1. The molecule has 0 spiro atoms. The maximum absolute atomic E-state index is 11.0. The number of aliphatic hydroxyl groups is 1. The molecule has 0 saturated heterocycles. The highest BCUT2D eigenvalue weighted by Gasteiger charge is 2.42. The molecule has 0 fully saturated rings. The third-order valence-electron chi connectivity index (χ3n) is 3.65. The zero-order chi connectivity index (χ0) is 12.8. The smallest absolute Gasteiger partial charge is 0.163 e. The topological polar surface area (TPSA) is 50.9 Å². The lowest BCUT2D eigenvalue weighted by Gasteiger charge is -2.24. The molecule has 1 unspecified atom stereocenters. The number of nitrogens with zero attached hydrogens (tertiary/aromatic N) is 3. The van der Waals surface area contributed by atoms with Gasteiger partial charge < -0.3 is 5.11 Å². The molecule has 0 aliphatic heterocycles. The van der Waals surface area contributed by atoms with Crippen molar-refractivity contribution < 1.29 is 5.11 Å². The molecule has 1 aromatic heterocycles. The Balaban J connectivity index is 2.15. The van der Waals surface area contributed by atoms with Gasteiger partial charge in [-0.15, -0.1) is 0 Å². The van der Waals surface area contributed by atoms with Gasteiger partial charge >= 0.3 is 0 Å². The minimum atomic E-state index is -0.989. The summed E-state index contributed by atoms with van der Waals surface area (Å²) in [4.78, 5) is 4.29. The Kier molecular flexibility index (Phi) is 2.48. The van der Waals surface area contributed by atoms with Crippen LogP contribution >= 0.6 is 0 Å². The second-order valence-electron chi connectivity index (χ2n) is 5.14. The van der Waals surface area contributed by atoms with Gasteiger partial charge in [0, 0.05) is 6.04 Å². The van der Waals surface area contributed by atoms with Gasteiger partial charge in [-0.1, -0.05) is 24.3 Å². The van der Waals surface area contributed by atoms with Crippen molar-refractivity contribution in [1.82, 2.24) is 14.8 Å². The number of rotatable bonds is 2. The minimum absolute atomic E-state index is 0.194. The Morgan fingerprint density at radius 1 is 1.33 bits per heavy atom. The number of aromatic nitrogens is 3. The Hall–Kier alpha value is -1.68. The maximum Gasteiger partial charge on any atom is 0.163 e. The second kappa shape index (κ2) is 3.92. The van der Waals surface area contributed by atoms with Crippen LogP contribution in [0.15, 0.2) is 30.6 Å². The van der Waals surface area contributed by atoms with Crippen molar-refractivity contribution >= 4 is 0 Å². The fourth-order valence-electron chi connectivity index (χ4n) is 2.75. The molecule has 1 heterocycles. The Morgan fingerprint density at radius 3 is 2.89 bits per heavy atom. The van der Waals surface area contributed by atoms with Crippen molar-refractivity contribution in [1.29, 1.82) is 0 Å². The molecule has 1 aliphatic rings. The van der Waals surface area contributed by atoms with Crippen LogP contribution in [0.1, 0.15) is 43.3 Å². The molecule has 18 heavy (non-hydrogen) atoms. The van der Waals surface area contributed by atoms with Crippen molar-refractivity contribution in [2.24, 2.45) is 0 Å². The predicted molar refractivity (Wildman–Crippen MR) is 68.2 cm³/mol. The van der Waals surface area contributed by atoms with E-state index in [2.05, 4.69) is 16.1 Å². The predicted octanol–water partition coefficient (Wildman–Crippen LogP) is 2.04. The second-order valence-corrected chi connectivity index (χ2v) is 5.14. The van der Waals surface area contributed by atoms with Crippen molar-refractivity contribution in [3.8, 4) is 0 Å². The summed E-state index contributed by atoms with van der Waals surface area (Å²) in [7, 11) is 0. The third-order valence-corrected chi connectivity index (χ3v) is 3.65. The highest BCUT2D eigenvalue weighted by atomic mass is 16.3. The molecule has 1 aliphatic carbocycles. The molecule has 4 heteroatoms. The van der Waals surface area contributed by atoms with E-state index in [0.29, 0.717) is 12.2 Å². The van der Waals surface area contributed by atoms with E-state index in [1.807, 2.05) is 36.7 Å². The number of hydrogen-bond donors (Lipinski definition) is 1. The van der Waals surface area contributed by atoms with Crippen molar-refractivity contribution in [3.05, 3.63) is 47.5 Å². The summed E-state index contributed by atoms with van der Waals surface area (Å²) >= 11 is 0. The Bertz CT molecular complexity index is 576. The number of aryl methyl sites for hydroxylation is 1. The molecular formula is C14H17N3O. The van der Waals surface area contributed by atoms with E-state index in [9.17, 15) is 5.11 Å². The lowest BCUT2D eigenvalue weighted by atomic mass is 9.95. The van der Waals surface area contributed by atoms with Crippen LogP contribution in [-0.4, -0.2) is 19.9 Å². The van der Waals surface area contributed by atoms with Crippen LogP contribution in [0.25, 0.3) is 0 Å². The fourth-order valence-corrected chi connectivity index (χ4v) is 2.75. The molecular weight excluding hydrogens is 226 g/mol. The van der Waals surface area contributed by atoms with E-state index in [1.54, 1.807) is 0 Å². The van der Waals surface area contributed by atoms with Crippen LogP contribution in [0, 0.1) is 0 Å². The van der Waals surface area contributed by atoms with Gasteiger partial charge in [-0.05, 0) is 37.8 Å². The molecule has 1 atom stereocenters. The van der Waals surface area contributed by atoms with Crippen LogP contribution in [0.3, 0.4) is 0 Å². The van der Waals surface area contributed by atoms with E-state index in [1.165, 1.54) is 11.9 Å². The molecule has 1 N–H and O–H groups in total. The summed E-state index contributed by atoms with van der Waals surface area (Å²) in [5.74, 6) is 0.655. The zero-order valence-corrected chi connectivity index (χ0v) is 10.7. The quantitative estimate of drug-likeness (QED) is 0.878. The van der Waals surface area contributed by atoms with E-state index in [4.69, 9.17) is 0 Å². The first-order valence-corrected chi connectivity index (χ1v) is 6.33. The average molecular weight is 243 g/mol. The highest BCUT2D eigenvalue weighted by molar-refractivity contribution is 5.41. The van der Waals surface area contributed by atoms with Gasteiger partial charge in [-0.2, -0.15) is 5.10 Å². The third kappa shape index (κ3) is 1.49. The first-order valence-electron chi connectivity index (χ1n) is 6.33. The highest BCUT2D eigenvalue weighted by Crippen LogP contribution is 2.41. The first-order chi connectivity index (χ1) is 8.63. The zero-order valence-electron chi connectivity index (χ0n) is 10.7. The van der Waals surface area contributed by atoms with Gasteiger partial charge in [0.05, 0.1) is 0 Å². The lowest BCUT2D eigenvalue weighted by molar-refractivity contribution is 0.0666. The Morgan fingerprint density at radius 2 is 2.11 bits per heavy atom. The molecule has 0 amide bonds. The SMILES string of the molecule is CC(C)n1ncnc1C1(O)CCc2ccccc21. The van der Waals surface area contributed by atoms with E-state index < -0.39 is 5.60 Å². The summed E-state index contributed by atoms with van der Waals surface area (Å²) in [5, 5.41) is 15.2. The summed E-state index contributed by atoms with van der Waals surface area (Å²) in [6.07, 6.45) is 3.09. The fraction of sp³-hybridized carbons (Fsp3) is 0.429. The van der Waals surface area contributed by atoms with Gasteiger partial charge in [0.2, 0.25) is 0 Å². The van der Waals surface area contributed by atoms with Crippen molar-refractivity contribution in [2.45, 2.75) is 38.3 Å². The van der Waals surface area contributed by atoms with Crippen molar-refractivity contribution in [2.75, 3.05) is 0 Å². The average Bonchev–Trinajstić information content (AvgIpc) is 2.96. The molecule has 0 bridgehead atoms.